The normalized spacial score (nSPS) is 12.9. The van der Waals surface area contributed by atoms with Crippen LogP contribution in [0.25, 0.3) is 0 Å². The van der Waals surface area contributed by atoms with Gasteiger partial charge in [-0.1, -0.05) is 26.0 Å². The SMILES string of the molecule is CC(C)(C)OCCOCCn1cc(C(C)(C)C)nn1. The van der Waals surface area contributed by atoms with Crippen molar-refractivity contribution in [2.24, 2.45) is 0 Å². The van der Waals surface area contributed by atoms with Crippen LogP contribution in [0.4, 0.5) is 0 Å². The van der Waals surface area contributed by atoms with Gasteiger partial charge in [-0.2, -0.15) is 0 Å². The van der Waals surface area contributed by atoms with Gasteiger partial charge in [0.15, 0.2) is 0 Å². The van der Waals surface area contributed by atoms with Crippen molar-refractivity contribution >= 4 is 0 Å². The standard InChI is InChI=1S/C14H27N3O2/c1-13(2,3)12-11-17(16-15-12)7-8-18-9-10-19-14(4,5)6/h11H,7-10H2,1-6H3. The molecule has 0 atom stereocenters. The third-order valence-corrected chi connectivity index (χ3v) is 2.53. The van der Waals surface area contributed by atoms with Gasteiger partial charge < -0.3 is 9.47 Å². The Morgan fingerprint density at radius 2 is 1.74 bits per heavy atom. The minimum atomic E-state index is -0.100. The Bertz CT molecular complexity index is 375. The first-order chi connectivity index (χ1) is 8.68. The van der Waals surface area contributed by atoms with Crippen molar-refractivity contribution in [3.8, 4) is 0 Å². The molecule has 0 amide bonds. The number of rotatable bonds is 6. The summed E-state index contributed by atoms with van der Waals surface area (Å²) >= 11 is 0. The first-order valence-corrected chi connectivity index (χ1v) is 6.81. The molecule has 0 aliphatic rings. The lowest BCUT2D eigenvalue weighted by Gasteiger charge is -2.19. The highest BCUT2D eigenvalue weighted by molar-refractivity contribution is 5.06. The lowest BCUT2D eigenvalue weighted by Crippen LogP contribution is -2.22. The van der Waals surface area contributed by atoms with Crippen molar-refractivity contribution in [3.63, 3.8) is 0 Å². The van der Waals surface area contributed by atoms with E-state index in [-0.39, 0.29) is 11.0 Å². The monoisotopic (exact) mass is 269 g/mol. The Kier molecular flexibility index (Phi) is 5.50. The van der Waals surface area contributed by atoms with Crippen LogP contribution in [-0.4, -0.2) is 40.4 Å². The fourth-order valence-corrected chi connectivity index (χ4v) is 1.42. The Labute approximate surface area is 116 Å². The van der Waals surface area contributed by atoms with Crippen molar-refractivity contribution in [3.05, 3.63) is 11.9 Å². The first kappa shape index (κ1) is 16.1. The molecule has 5 heteroatoms. The van der Waals surface area contributed by atoms with Gasteiger partial charge in [0, 0.05) is 11.6 Å². The Morgan fingerprint density at radius 1 is 1.05 bits per heavy atom. The molecule has 0 spiro atoms. The van der Waals surface area contributed by atoms with Crippen LogP contribution in [0.5, 0.6) is 0 Å². The molecular formula is C14H27N3O2. The molecule has 110 valence electrons. The molecule has 1 aromatic rings. The first-order valence-electron chi connectivity index (χ1n) is 6.81. The van der Waals surface area contributed by atoms with E-state index in [1.165, 1.54) is 0 Å². The molecule has 0 aliphatic heterocycles. The molecule has 1 rings (SSSR count). The summed E-state index contributed by atoms with van der Waals surface area (Å²) in [6, 6.07) is 0. The van der Waals surface area contributed by atoms with Crippen LogP contribution < -0.4 is 0 Å². The second kappa shape index (κ2) is 6.48. The Morgan fingerprint density at radius 3 is 2.26 bits per heavy atom. The molecule has 0 N–H and O–H groups in total. The van der Waals surface area contributed by atoms with Crippen LogP contribution in [0.2, 0.25) is 0 Å². The van der Waals surface area contributed by atoms with E-state index < -0.39 is 0 Å². The topological polar surface area (TPSA) is 49.2 Å². The van der Waals surface area contributed by atoms with Gasteiger partial charge in [-0.25, -0.2) is 4.68 Å². The third-order valence-electron chi connectivity index (χ3n) is 2.53. The van der Waals surface area contributed by atoms with E-state index in [0.717, 1.165) is 12.2 Å². The lowest BCUT2D eigenvalue weighted by molar-refractivity contribution is -0.0359. The molecule has 0 bridgehead atoms. The molecule has 0 saturated heterocycles. The number of hydrogen-bond acceptors (Lipinski definition) is 4. The number of nitrogens with zero attached hydrogens (tertiary/aromatic N) is 3. The zero-order valence-electron chi connectivity index (χ0n) is 13.1. The maximum absolute atomic E-state index is 5.57. The van der Waals surface area contributed by atoms with Gasteiger partial charge in [-0.05, 0) is 20.8 Å². The summed E-state index contributed by atoms with van der Waals surface area (Å²) in [5.74, 6) is 0. The molecule has 0 aromatic carbocycles. The van der Waals surface area contributed by atoms with Gasteiger partial charge in [-0.15, -0.1) is 5.10 Å². The molecule has 19 heavy (non-hydrogen) atoms. The largest absolute Gasteiger partial charge is 0.377 e. The minimum Gasteiger partial charge on any atom is -0.377 e. The lowest BCUT2D eigenvalue weighted by atomic mass is 9.93. The molecule has 5 nitrogen and oxygen atoms in total. The van der Waals surface area contributed by atoms with E-state index in [2.05, 4.69) is 31.1 Å². The molecule has 0 unspecified atom stereocenters. The second-order valence-corrected chi connectivity index (χ2v) is 6.69. The van der Waals surface area contributed by atoms with Crippen LogP contribution in [0.1, 0.15) is 47.2 Å². The van der Waals surface area contributed by atoms with E-state index in [0.29, 0.717) is 19.8 Å². The fourth-order valence-electron chi connectivity index (χ4n) is 1.42. The van der Waals surface area contributed by atoms with E-state index in [4.69, 9.17) is 9.47 Å². The van der Waals surface area contributed by atoms with Gasteiger partial charge in [0.1, 0.15) is 0 Å². The van der Waals surface area contributed by atoms with Gasteiger partial charge >= 0.3 is 0 Å². The summed E-state index contributed by atoms with van der Waals surface area (Å²) in [6.07, 6.45) is 1.98. The van der Waals surface area contributed by atoms with Crippen LogP contribution in [-0.2, 0) is 21.4 Å². The maximum atomic E-state index is 5.57. The quantitative estimate of drug-likeness (QED) is 0.744. The smallest absolute Gasteiger partial charge is 0.0880 e. The van der Waals surface area contributed by atoms with Crippen molar-refractivity contribution in [1.82, 2.24) is 15.0 Å². The molecule has 1 aromatic heterocycles. The van der Waals surface area contributed by atoms with Crippen molar-refractivity contribution < 1.29 is 9.47 Å². The second-order valence-electron chi connectivity index (χ2n) is 6.69. The van der Waals surface area contributed by atoms with Crippen molar-refractivity contribution in [2.45, 2.75) is 59.1 Å². The molecule has 1 heterocycles. The van der Waals surface area contributed by atoms with Gasteiger partial charge in [0.25, 0.3) is 0 Å². The van der Waals surface area contributed by atoms with E-state index in [9.17, 15) is 0 Å². The van der Waals surface area contributed by atoms with Gasteiger partial charge in [0.2, 0.25) is 0 Å². The van der Waals surface area contributed by atoms with Crippen molar-refractivity contribution in [1.29, 1.82) is 0 Å². The van der Waals surface area contributed by atoms with Crippen LogP contribution in [0.3, 0.4) is 0 Å². The highest BCUT2D eigenvalue weighted by Crippen LogP contribution is 2.18. The van der Waals surface area contributed by atoms with E-state index >= 15 is 0 Å². The maximum Gasteiger partial charge on any atom is 0.0880 e. The predicted octanol–water partition coefficient (Wildman–Crippen LogP) is 2.41. The van der Waals surface area contributed by atoms with Crippen LogP contribution >= 0.6 is 0 Å². The van der Waals surface area contributed by atoms with E-state index in [1.54, 1.807) is 0 Å². The van der Waals surface area contributed by atoms with Gasteiger partial charge in [0.05, 0.1) is 37.7 Å². The zero-order valence-corrected chi connectivity index (χ0v) is 13.1. The molecule has 0 saturated carbocycles. The average Bonchev–Trinajstić information content (AvgIpc) is 2.69. The fraction of sp³-hybridized carbons (Fsp3) is 0.857. The predicted molar refractivity (Wildman–Crippen MR) is 75.2 cm³/mol. The Balaban J connectivity index is 2.18. The summed E-state index contributed by atoms with van der Waals surface area (Å²) in [6.45, 7) is 15.1. The molecule has 0 aliphatic carbocycles. The summed E-state index contributed by atoms with van der Waals surface area (Å²) < 4.78 is 12.9. The number of hydrogen-bond donors (Lipinski definition) is 0. The molecular weight excluding hydrogens is 242 g/mol. The average molecular weight is 269 g/mol. The molecule has 0 fully saturated rings. The number of ether oxygens (including phenoxy) is 2. The summed E-state index contributed by atoms with van der Waals surface area (Å²) in [7, 11) is 0. The highest BCUT2D eigenvalue weighted by atomic mass is 16.5. The van der Waals surface area contributed by atoms with Gasteiger partial charge in [-0.3, -0.25) is 0 Å². The van der Waals surface area contributed by atoms with E-state index in [1.807, 2.05) is 31.6 Å². The summed E-state index contributed by atoms with van der Waals surface area (Å²) in [5, 5.41) is 8.26. The zero-order chi connectivity index (χ0) is 14.5. The third kappa shape index (κ3) is 6.68. The molecule has 0 radical (unpaired) electrons. The Hall–Kier alpha value is -0.940. The highest BCUT2D eigenvalue weighted by Gasteiger charge is 2.17. The number of aromatic nitrogens is 3. The summed E-state index contributed by atoms with van der Waals surface area (Å²) in [5.41, 5.74) is 0.944. The minimum absolute atomic E-state index is 0.0413. The van der Waals surface area contributed by atoms with Crippen LogP contribution in [0, 0.1) is 0 Å². The van der Waals surface area contributed by atoms with Crippen LogP contribution in [0.15, 0.2) is 6.20 Å². The van der Waals surface area contributed by atoms with Crippen molar-refractivity contribution in [2.75, 3.05) is 19.8 Å². The summed E-state index contributed by atoms with van der Waals surface area (Å²) in [4.78, 5) is 0.